The smallest absolute Gasteiger partial charge is 0.128 e. The van der Waals surface area contributed by atoms with E-state index >= 15 is 0 Å². The summed E-state index contributed by atoms with van der Waals surface area (Å²) in [6.45, 7) is 15.7. The molecule has 0 aromatic heterocycles. The molecule has 2 aromatic rings. The van der Waals surface area contributed by atoms with E-state index < -0.39 is 0 Å². The second-order valence-electron chi connectivity index (χ2n) is 7.29. The fraction of sp³-hybridized carbons (Fsp3) is 0.241. The van der Waals surface area contributed by atoms with Crippen molar-refractivity contribution < 1.29 is 4.39 Å². The Labute approximate surface area is 193 Å². The molecule has 0 fully saturated rings. The number of anilines is 1. The first kappa shape index (κ1) is 26.5. The monoisotopic (exact) mass is 430 g/mol. The van der Waals surface area contributed by atoms with Crippen molar-refractivity contribution in [1.29, 1.82) is 0 Å². The number of benzene rings is 2. The molecule has 0 bridgehead atoms. The van der Waals surface area contributed by atoms with Gasteiger partial charge in [-0.15, -0.1) is 6.42 Å². The first-order valence-electron chi connectivity index (χ1n) is 10.9. The first-order valence-corrected chi connectivity index (χ1v) is 10.9. The maximum absolute atomic E-state index is 13.5. The van der Waals surface area contributed by atoms with Crippen LogP contribution < -0.4 is 10.6 Å². The van der Waals surface area contributed by atoms with Crippen molar-refractivity contribution in [2.45, 2.75) is 47.0 Å². The Kier molecular flexibility index (Phi) is 12.0. The molecular weight excluding hydrogens is 395 g/mol. The van der Waals surface area contributed by atoms with Gasteiger partial charge in [0.25, 0.3) is 0 Å². The lowest BCUT2D eigenvalue weighted by Crippen LogP contribution is -2.18. The van der Waals surface area contributed by atoms with Crippen molar-refractivity contribution in [2.75, 3.05) is 5.32 Å². The van der Waals surface area contributed by atoms with Crippen LogP contribution in [-0.4, -0.2) is 0 Å². The minimum atomic E-state index is -0.274. The minimum Gasteiger partial charge on any atom is -0.342 e. The van der Waals surface area contributed by atoms with Gasteiger partial charge in [-0.25, -0.2) is 4.39 Å². The Bertz CT molecular complexity index is 1010. The molecule has 0 atom stereocenters. The van der Waals surface area contributed by atoms with Crippen LogP contribution in [0.1, 0.15) is 43.9 Å². The number of rotatable bonds is 9. The van der Waals surface area contributed by atoms with Crippen molar-refractivity contribution in [2.24, 2.45) is 0 Å². The molecule has 0 saturated heterocycles. The predicted molar refractivity (Wildman–Crippen MR) is 138 cm³/mol. The fourth-order valence-corrected chi connectivity index (χ4v) is 2.97. The summed E-state index contributed by atoms with van der Waals surface area (Å²) in [5.41, 5.74) is 5.38. The summed E-state index contributed by atoms with van der Waals surface area (Å²) in [5, 5.41) is 5.91. The van der Waals surface area contributed by atoms with Gasteiger partial charge in [0.15, 0.2) is 0 Å². The summed E-state index contributed by atoms with van der Waals surface area (Å²) >= 11 is 0. The molecule has 2 rings (SSSR count). The molecule has 0 spiro atoms. The average molecular weight is 431 g/mol. The third-order valence-corrected chi connectivity index (χ3v) is 4.72. The number of terminal acetylenes is 1. The second-order valence-corrected chi connectivity index (χ2v) is 7.29. The van der Waals surface area contributed by atoms with E-state index in [0.29, 0.717) is 28.3 Å². The number of hydrogen-bond acceptors (Lipinski definition) is 2. The van der Waals surface area contributed by atoms with Crippen molar-refractivity contribution >= 4 is 5.69 Å². The molecule has 168 valence electrons. The van der Waals surface area contributed by atoms with Crippen LogP contribution >= 0.6 is 0 Å². The molecule has 0 aliphatic heterocycles. The zero-order valence-corrected chi connectivity index (χ0v) is 19.8. The largest absolute Gasteiger partial charge is 0.342 e. The normalized spacial score (nSPS) is 10.7. The van der Waals surface area contributed by atoms with Gasteiger partial charge in [0.1, 0.15) is 11.6 Å². The highest BCUT2D eigenvalue weighted by Gasteiger charge is 2.03. The van der Waals surface area contributed by atoms with E-state index in [1.54, 1.807) is 25.1 Å². The molecule has 0 aliphatic rings. The van der Waals surface area contributed by atoms with Crippen molar-refractivity contribution in [1.82, 2.24) is 5.32 Å². The number of aryl methyl sites for hydroxylation is 3. The molecule has 2 aromatic carbocycles. The number of halogens is 1. The van der Waals surface area contributed by atoms with Gasteiger partial charge in [0.05, 0.1) is 0 Å². The minimum absolute atomic E-state index is 0.274. The van der Waals surface area contributed by atoms with E-state index in [1.165, 1.54) is 30.0 Å². The first-order chi connectivity index (χ1) is 15.4. The molecule has 2 nitrogen and oxygen atoms in total. The van der Waals surface area contributed by atoms with Crippen LogP contribution in [0.15, 0.2) is 90.9 Å². The van der Waals surface area contributed by atoms with Crippen LogP contribution in [0, 0.1) is 25.1 Å². The topological polar surface area (TPSA) is 24.1 Å². The van der Waals surface area contributed by atoms with Crippen molar-refractivity contribution in [3.63, 3.8) is 0 Å². The maximum atomic E-state index is 13.5. The average Bonchev–Trinajstić information content (AvgIpc) is 2.78. The fourth-order valence-electron chi connectivity index (χ4n) is 2.97. The Morgan fingerprint density at radius 3 is 2.38 bits per heavy atom. The summed E-state index contributed by atoms with van der Waals surface area (Å²) in [5.74, 6) is 2.73. The Balaban J connectivity index is 0.000000389. The second kappa shape index (κ2) is 14.5. The van der Waals surface area contributed by atoms with Crippen LogP contribution in [0.25, 0.3) is 0 Å². The SMILES string of the molecule is C#C/C(=C\C=C/C)C(=C)NC(=C)Nc1ccc(C)c(F)c1.CCCc1ccccc1CC. The maximum Gasteiger partial charge on any atom is 0.128 e. The molecule has 2 N–H and O–H groups in total. The van der Waals surface area contributed by atoms with E-state index in [0.717, 1.165) is 6.42 Å². The van der Waals surface area contributed by atoms with Gasteiger partial charge < -0.3 is 10.6 Å². The zero-order chi connectivity index (χ0) is 23.9. The number of hydrogen-bond donors (Lipinski definition) is 2. The summed E-state index contributed by atoms with van der Waals surface area (Å²) in [4.78, 5) is 0. The van der Waals surface area contributed by atoms with E-state index in [2.05, 4.69) is 67.8 Å². The Morgan fingerprint density at radius 2 is 1.81 bits per heavy atom. The zero-order valence-electron chi connectivity index (χ0n) is 19.8. The van der Waals surface area contributed by atoms with E-state index in [1.807, 2.05) is 19.1 Å². The molecule has 0 radical (unpaired) electrons. The lowest BCUT2D eigenvalue weighted by atomic mass is 10.0. The highest BCUT2D eigenvalue weighted by molar-refractivity contribution is 5.51. The molecule has 32 heavy (non-hydrogen) atoms. The summed E-state index contributed by atoms with van der Waals surface area (Å²) in [6, 6.07) is 13.6. The molecule has 3 heteroatoms. The number of allylic oxidation sites excluding steroid dienone is 4. The predicted octanol–water partition coefficient (Wildman–Crippen LogP) is 7.46. The third kappa shape index (κ3) is 9.10. The van der Waals surface area contributed by atoms with Gasteiger partial charge in [-0.05, 0) is 61.6 Å². The highest BCUT2D eigenvalue weighted by atomic mass is 19.1. The van der Waals surface area contributed by atoms with E-state index in [-0.39, 0.29) is 5.82 Å². The van der Waals surface area contributed by atoms with Gasteiger partial charge >= 0.3 is 0 Å². The molecule has 0 heterocycles. The molecular formula is C29H35FN2. The van der Waals surface area contributed by atoms with Gasteiger partial charge in [-0.1, -0.05) is 81.8 Å². The summed E-state index contributed by atoms with van der Waals surface area (Å²) < 4.78 is 13.5. The quantitative estimate of drug-likeness (QED) is 0.319. The molecule has 0 saturated carbocycles. The van der Waals surface area contributed by atoms with Crippen molar-refractivity contribution in [3.8, 4) is 12.3 Å². The Morgan fingerprint density at radius 1 is 1.12 bits per heavy atom. The lowest BCUT2D eigenvalue weighted by molar-refractivity contribution is 0.619. The van der Waals surface area contributed by atoms with Gasteiger partial charge in [0, 0.05) is 17.0 Å². The third-order valence-electron chi connectivity index (χ3n) is 4.72. The van der Waals surface area contributed by atoms with Crippen LogP contribution in [0.5, 0.6) is 0 Å². The van der Waals surface area contributed by atoms with Gasteiger partial charge in [-0.2, -0.15) is 0 Å². The van der Waals surface area contributed by atoms with Gasteiger partial charge in [0.2, 0.25) is 0 Å². The Hall–Kier alpha value is -3.51. The molecule has 0 unspecified atom stereocenters. The van der Waals surface area contributed by atoms with Crippen molar-refractivity contribution in [3.05, 3.63) is 113 Å². The van der Waals surface area contributed by atoms with Crippen LogP contribution in [0.3, 0.4) is 0 Å². The molecule has 0 amide bonds. The van der Waals surface area contributed by atoms with Crippen LogP contribution in [0.4, 0.5) is 10.1 Å². The lowest BCUT2D eigenvalue weighted by Gasteiger charge is -2.14. The van der Waals surface area contributed by atoms with Gasteiger partial charge in [-0.3, -0.25) is 0 Å². The standard InChI is InChI=1S/C18H19FN2.C11H16/c1-6-8-9-16(7-2)14(4)20-15(5)21-17-11-10-13(3)18(19)12-17;1-3-7-11-9-6-5-8-10(11)4-2/h2,6,8-12,20-21H,4-5H2,1,3H3;5-6,8-9H,3-4,7H2,1-2H3/b8-6-,16-9+;. The summed E-state index contributed by atoms with van der Waals surface area (Å²) in [6.07, 6.45) is 14.5. The summed E-state index contributed by atoms with van der Waals surface area (Å²) in [7, 11) is 0. The highest BCUT2D eigenvalue weighted by Crippen LogP contribution is 2.15. The van der Waals surface area contributed by atoms with E-state index in [9.17, 15) is 4.39 Å². The molecule has 0 aliphatic carbocycles. The van der Waals surface area contributed by atoms with E-state index in [4.69, 9.17) is 6.42 Å². The van der Waals surface area contributed by atoms with Crippen LogP contribution in [-0.2, 0) is 12.8 Å². The number of nitrogens with one attached hydrogen (secondary N) is 2. The van der Waals surface area contributed by atoms with Crippen LogP contribution in [0.2, 0.25) is 0 Å².